The Morgan fingerprint density at radius 2 is 1.90 bits per heavy atom. The molecule has 1 heterocycles. The Balaban J connectivity index is 1.77. The number of hydrogen-bond donors (Lipinski definition) is 1. The molecule has 2 aromatic rings. The SMILES string of the molecule is CCOc1cc(C2=NN(Cc3ccc(NC(=O)C(C)=O)cc3)C(=O)SC2)ccc1OC. The fourth-order valence-electron chi connectivity index (χ4n) is 2.87. The number of rotatable bonds is 8. The Morgan fingerprint density at radius 3 is 2.55 bits per heavy atom. The maximum atomic E-state index is 12.4. The second kappa shape index (κ2) is 10.1. The fraction of sp³-hybridized carbons (Fsp3) is 0.273. The maximum absolute atomic E-state index is 12.4. The summed E-state index contributed by atoms with van der Waals surface area (Å²) >= 11 is 1.18. The number of thioether (sulfide) groups is 1. The second-order valence-electron chi connectivity index (χ2n) is 6.66. The van der Waals surface area contributed by atoms with Gasteiger partial charge in [-0.2, -0.15) is 5.10 Å². The van der Waals surface area contributed by atoms with Crippen LogP contribution in [0.4, 0.5) is 10.5 Å². The molecule has 2 amide bonds. The van der Waals surface area contributed by atoms with Crippen LogP contribution in [-0.2, 0) is 16.1 Å². The number of hydrazone groups is 1. The van der Waals surface area contributed by atoms with Crippen LogP contribution in [0.3, 0.4) is 0 Å². The molecule has 31 heavy (non-hydrogen) atoms. The van der Waals surface area contributed by atoms with Gasteiger partial charge in [-0.3, -0.25) is 14.4 Å². The van der Waals surface area contributed by atoms with Crippen LogP contribution in [0.25, 0.3) is 0 Å². The lowest BCUT2D eigenvalue weighted by Crippen LogP contribution is -2.29. The average molecular weight is 442 g/mol. The van der Waals surface area contributed by atoms with Gasteiger partial charge in [-0.1, -0.05) is 23.9 Å². The van der Waals surface area contributed by atoms with E-state index in [1.807, 2.05) is 25.1 Å². The molecule has 1 N–H and O–H groups in total. The minimum atomic E-state index is -0.671. The van der Waals surface area contributed by atoms with Gasteiger partial charge in [0, 0.05) is 23.9 Å². The molecule has 1 aliphatic heterocycles. The zero-order chi connectivity index (χ0) is 22.4. The predicted molar refractivity (Wildman–Crippen MR) is 120 cm³/mol. The zero-order valence-electron chi connectivity index (χ0n) is 17.5. The molecule has 0 unspecified atom stereocenters. The van der Waals surface area contributed by atoms with Gasteiger partial charge in [0.2, 0.25) is 5.78 Å². The maximum Gasteiger partial charge on any atom is 0.302 e. The van der Waals surface area contributed by atoms with Gasteiger partial charge in [0.15, 0.2) is 11.5 Å². The molecular formula is C22H23N3O5S. The number of amides is 2. The van der Waals surface area contributed by atoms with Crippen molar-refractivity contribution in [3.8, 4) is 11.5 Å². The Morgan fingerprint density at radius 1 is 1.16 bits per heavy atom. The van der Waals surface area contributed by atoms with E-state index in [0.717, 1.165) is 16.8 Å². The van der Waals surface area contributed by atoms with Crippen molar-refractivity contribution in [3.05, 3.63) is 53.6 Å². The van der Waals surface area contributed by atoms with Crippen LogP contribution < -0.4 is 14.8 Å². The molecule has 1 aliphatic rings. The van der Waals surface area contributed by atoms with E-state index in [9.17, 15) is 14.4 Å². The standard InChI is InChI=1S/C22H23N3O5S/c1-4-30-20-11-16(7-10-19(20)29-3)18-13-31-22(28)25(24-18)12-15-5-8-17(9-6-15)23-21(27)14(2)26/h5-11H,4,12-13H2,1-3H3,(H,23,27). The predicted octanol–water partition coefficient (Wildman–Crippen LogP) is 3.69. The van der Waals surface area contributed by atoms with Crippen molar-refractivity contribution in [3.63, 3.8) is 0 Å². The number of benzene rings is 2. The first-order valence-electron chi connectivity index (χ1n) is 9.65. The molecule has 0 saturated carbocycles. The number of anilines is 1. The summed E-state index contributed by atoms with van der Waals surface area (Å²) < 4.78 is 11.0. The lowest BCUT2D eigenvalue weighted by Gasteiger charge is -2.23. The molecule has 0 aliphatic carbocycles. The van der Waals surface area contributed by atoms with Gasteiger partial charge in [-0.15, -0.1) is 0 Å². The highest BCUT2D eigenvalue weighted by atomic mass is 32.2. The molecule has 3 rings (SSSR count). The number of ketones is 1. The number of carbonyl (C=O) groups is 3. The van der Waals surface area contributed by atoms with Crippen LogP contribution in [0.1, 0.15) is 25.0 Å². The van der Waals surface area contributed by atoms with Crippen molar-refractivity contribution in [1.29, 1.82) is 0 Å². The minimum absolute atomic E-state index is 0.142. The summed E-state index contributed by atoms with van der Waals surface area (Å²) in [6.07, 6.45) is 0. The first kappa shape index (κ1) is 22.4. The number of carbonyl (C=O) groups excluding carboxylic acids is 3. The number of methoxy groups -OCH3 is 1. The van der Waals surface area contributed by atoms with Gasteiger partial charge in [-0.25, -0.2) is 5.01 Å². The van der Waals surface area contributed by atoms with Crippen molar-refractivity contribution in [1.82, 2.24) is 5.01 Å². The summed E-state index contributed by atoms with van der Waals surface area (Å²) in [5, 5.41) is 8.33. The molecule has 0 radical (unpaired) electrons. The van der Waals surface area contributed by atoms with E-state index in [0.29, 0.717) is 29.5 Å². The van der Waals surface area contributed by atoms with Crippen molar-refractivity contribution >= 4 is 40.1 Å². The van der Waals surface area contributed by atoms with Crippen molar-refractivity contribution in [2.45, 2.75) is 20.4 Å². The van der Waals surface area contributed by atoms with Crippen LogP contribution in [-0.4, -0.2) is 47.1 Å². The molecular weight excluding hydrogens is 418 g/mol. The summed E-state index contributed by atoms with van der Waals surface area (Å²) in [6.45, 7) is 3.90. The van der Waals surface area contributed by atoms with E-state index >= 15 is 0 Å². The van der Waals surface area contributed by atoms with Gasteiger partial charge >= 0.3 is 5.24 Å². The summed E-state index contributed by atoms with van der Waals surface area (Å²) in [4.78, 5) is 34.9. The summed E-state index contributed by atoms with van der Waals surface area (Å²) in [7, 11) is 1.59. The van der Waals surface area contributed by atoms with Gasteiger partial charge in [0.1, 0.15) is 0 Å². The van der Waals surface area contributed by atoms with Crippen LogP contribution >= 0.6 is 11.8 Å². The van der Waals surface area contributed by atoms with Crippen LogP contribution in [0.5, 0.6) is 11.5 Å². The van der Waals surface area contributed by atoms with Crippen molar-refractivity contribution in [2.24, 2.45) is 5.10 Å². The van der Waals surface area contributed by atoms with Crippen LogP contribution in [0.2, 0.25) is 0 Å². The Hall–Kier alpha value is -3.33. The van der Waals surface area contributed by atoms with Gasteiger partial charge in [0.25, 0.3) is 5.91 Å². The molecule has 0 aromatic heterocycles. The normalized spacial score (nSPS) is 13.5. The van der Waals surface area contributed by atoms with E-state index < -0.39 is 11.7 Å². The third-order valence-corrected chi connectivity index (χ3v) is 5.32. The molecule has 162 valence electrons. The van der Waals surface area contributed by atoms with E-state index in [-0.39, 0.29) is 11.8 Å². The van der Waals surface area contributed by atoms with Crippen LogP contribution in [0, 0.1) is 0 Å². The molecule has 2 aromatic carbocycles. The quantitative estimate of drug-likeness (QED) is 0.628. The molecule has 0 fully saturated rings. The van der Waals surface area contributed by atoms with E-state index in [2.05, 4.69) is 10.4 Å². The summed E-state index contributed by atoms with van der Waals surface area (Å²) in [5.74, 6) is 0.494. The first-order chi connectivity index (χ1) is 14.9. The largest absolute Gasteiger partial charge is 0.493 e. The highest BCUT2D eigenvalue weighted by Crippen LogP contribution is 2.30. The lowest BCUT2D eigenvalue weighted by atomic mass is 10.1. The third-order valence-electron chi connectivity index (χ3n) is 4.45. The first-order valence-corrected chi connectivity index (χ1v) is 10.6. The Kier molecular flexibility index (Phi) is 7.30. The summed E-state index contributed by atoms with van der Waals surface area (Å²) in [6, 6.07) is 12.5. The molecule has 0 spiro atoms. The Bertz CT molecular complexity index is 1020. The summed E-state index contributed by atoms with van der Waals surface area (Å²) in [5.41, 5.74) is 2.97. The second-order valence-corrected chi connectivity index (χ2v) is 7.59. The monoisotopic (exact) mass is 441 g/mol. The van der Waals surface area contributed by atoms with Gasteiger partial charge in [0.05, 0.1) is 26.0 Å². The minimum Gasteiger partial charge on any atom is -0.493 e. The lowest BCUT2D eigenvalue weighted by molar-refractivity contribution is -0.133. The van der Waals surface area contributed by atoms with E-state index in [4.69, 9.17) is 9.47 Å². The number of ether oxygens (including phenoxy) is 2. The molecule has 9 heteroatoms. The zero-order valence-corrected chi connectivity index (χ0v) is 18.3. The van der Waals surface area contributed by atoms with Gasteiger partial charge in [-0.05, 0) is 42.8 Å². The highest BCUT2D eigenvalue weighted by Gasteiger charge is 2.23. The average Bonchev–Trinajstić information content (AvgIpc) is 2.76. The smallest absolute Gasteiger partial charge is 0.302 e. The third kappa shape index (κ3) is 5.64. The van der Waals surface area contributed by atoms with E-state index in [1.54, 1.807) is 31.4 Å². The highest BCUT2D eigenvalue weighted by molar-refractivity contribution is 8.14. The fourth-order valence-corrected chi connectivity index (χ4v) is 3.61. The number of nitrogens with one attached hydrogen (secondary N) is 1. The van der Waals surface area contributed by atoms with E-state index in [1.165, 1.54) is 23.7 Å². The van der Waals surface area contributed by atoms with Gasteiger partial charge < -0.3 is 14.8 Å². The number of nitrogens with zero attached hydrogens (tertiary/aromatic N) is 2. The topological polar surface area (TPSA) is 97.3 Å². The number of Topliss-reactive ketones (excluding diaryl/α,β-unsaturated/α-hetero) is 1. The van der Waals surface area contributed by atoms with Crippen molar-refractivity contribution in [2.75, 3.05) is 24.8 Å². The molecule has 8 nitrogen and oxygen atoms in total. The number of hydrogen-bond acceptors (Lipinski definition) is 7. The van der Waals surface area contributed by atoms with Crippen LogP contribution in [0.15, 0.2) is 47.6 Å². The van der Waals surface area contributed by atoms with Crippen molar-refractivity contribution < 1.29 is 23.9 Å². The molecule has 0 bridgehead atoms. The Labute approximate surface area is 184 Å². The molecule has 0 saturated heterocycles. The molecule has 0 atom stereocenters.